The molecule has 1 aliphatic carbocycles. The fraction of sp³-hybridized carbons (Fsp3) is 0.529. The predicted molar refractivity (Wildman–Crippen MR) is 79.9 cm³/mol. The number of benzene rings is 1. The zero-order valence-corrected chi connectivity index (χ0v) is 12.9. The Labute approximate surface area is 130 Å². The molecule has 0 atom stereocenters. The van der Waals surface area contributed by atoms with E-state index in [-0.39, 0.29) is 25.0 Å². The van der Waals surface area contributed by atoms with Crippen molar-refractivity contribution in [2.45, 2.75) is 39.4 Å². The number of hydrogen-bond acceptors (Lipinski definition) is 5. The largest absolute Gasteiger partial charge is 0.465 e. The van der Waals surface area contributed by atoms with E-state index in [1.54, 1.807) is 0 Å². The summed E-state index contributed by atoms with van der Waals surface area (Å²) in [6.45, 7) is 2.87. The Bertz CT molecular complexity index is 508. The lowest BCUT2D eigenvalue weighted by Gasteiger charge is -2.10. The summed E-state index contributed by atoms with van der Waals surface area (Å²) in [6.07, 6.45) is 2.60. The Kier molecular flexibility index (Phi) is 6.40. The highest BCUT2D eigenvalue weighted by Crippen LogP contribution is 2.28. The molecule has 5 heteroatoms. The van der Waals surface area contributed by atoms with Crippen molar-refractivity contribution in [1.29, 1.82) is 0 Å². The molecule has 1 aliphatic rings. The highest BCUT2D eigenvalue weighted by Gasteiger charge is 2.22. The third-order valence-corrected chi connectivity index (χ3v) is 3.43. The summed E-state index contributed by atoms with van der Waals surface area (Å²) in [6, 6.07) is 7.60. The number of carbonyl (C=O) groups is 2. The van der Waals surface area contributed by atoms with Crippen LogP contribution < -0.4 is 0 Å². The summed E-state index contributed by atoms with van der Waals surface area (Å²) in [7, 11) is 0. The van der Waals surface area contributed by atoms with Crippen molar-refractivity contribution in [1.82, 2.24) is 0 Å². The van der Waals surface area contributed by atoms with Crippen LogP contribution in [0.1, 0.15) is 37.3 Å². The number of ether oxygens (including phenoxy) is 3. The molecular weight excluding hydrogens is 284 g/mol. The molecule has 0 heterocycles. The maximum atomic E-state index is 11.5. The Hall–Kier alpha value is -1.88. The summed E-state index contributed by atoms with van der Waals surface area (Å²) >= 11 is 0. The van der Waals surface area contributed by atoms with E-state index < -0.39 is 0 Å². The van der Waals surface area contributed by atoms with Crippen LogP contribution in [0.5, 0.6) is 0 Å². The Balaban J connectivity index is 1.67. The van der Waals surface area contributed by atoms with Crippen LogP contribution in [0.3, 0.4) is 0 Å². The van der Waals surface area contributed by atoms with Gasteiger partial charge in [-0.15, -0.1) is 0 Å². The van der Waals surface area contributed by atoms with E-state index in [0.717, 1.165) is 11.1 Å². The fourth-order valence-corrected chi connectivity index (χ4v) is 1.92. The third kappa shape index (κ3) is 6.26. The molecule has 1 saturated carbocycles. The second-order valence-electron chi connectivity index (χ2n) is 5.48. The minimum absolute atomic E-state index is 0.208. The maximum absolute atomic E-state index is 11.5. The van der Waals surface area contributed by atoms with Gasteiger partial charge in [0, 0.05) is 6.92 Å². The molecule has 120 valence electrons. The second-order valence-corrected chi connectivity index (χ2v) is 5.48. The molecule has 1 aromatic carbocycles. The Morgan fingerprint density at radius 1 is 1.09 bits per heavy atom. The average molecular weight is 306 g/mol. The Morgan fingerprint density at radius 2 is 1.77 bits per heavy atom. The predicted octanol–water partition coefficient (Wildman–Crippen LogP) is 2.61. The first-order valence-electron chi connectivity index (χ1n) is 7.58. The molecule has 0 spiro atoms. The number of rotatable bonds is 9. The van der Waals surface area contributed by atoms with E-state index in [1.807, 2.05) is 24.3 Å². The molecule has 1 aromatic rings. The van der Waals surface area contributed by atoms with Crippen molar-refractivity contribution in [2.24, 2.45) is 5.92 Å². The molecule has 1 fully saturated rings. The van der Waals surface area contributed by atoms with Crippen molar-refractivity contribution >= 4 is 11.9 Å². The lowest BCUT2D eigenvalue weighted by atomic mass is 10.1. The maximum Gasteiger partial charge on any atom is 0.308 e. The van der Waals surface area contributed by atoms with Gasteiger partial charge in [0.1, 0.15) is 6.61 Å². The van der Waals surface area contributed by atoms with Crippen LogP contribution in [0.2, 0.25) is 0 Å². The first-order valence-corrected chi connectivity index (χ1v) is 7.58. The van der Waals surface area contributed by atoms with Gasteiger partial charge < -0.3 is 14.2 Å². The monoisotopic (exact) mass is 306 g/mol. The van der Waals surface area contributed by atoms with Gasteiger partial charge in [0.25, 0.3) is 0 Å². The summed E-state index contributed by atoms with van der Waals surface area (Å²) in [5, 5.41) is 0. The SMILES string of the molecule is CC(=O)OCc1ccccc1COCCC(=O)OCC1CC1. The van der Waals surface area contributed by atoms with Crippen molar-refractivity contribution < 1.29 is 23.8 Å². The topological polar surface area (TPSA) is 61.8 Å². The van der Waals surface area contributed by atoms with Crippen molar-refractivity contribution in [3.8, 4) is 0 Å². The molecule has 0 unspecified atom stereocenters. The van der Waals surface area contributed by atoms with E-state index in [1.165, 1.54) is 19.8 Å². The average Bonchev–Trinajstić information content (AvgIpc) is 3.32. The van der Waals surface area contributed by atoms with Crippen molar-refractivity contribution in [3.63, 3.8) is 0 Å². The smallest absolute Gasteiger partial charge is 0.308 e. The lowest BCUT2D eigenvalue weighted by Crippen LogP contribution is -2.10. The number of carbonyl (C=O) groups excluding carboxylic acids is 2. The van der Waals surface area contributed by atoms with Gasteiger partial charge in [0.2, 0.25) is 0 Å². The summed E-state index contributed by atoms with van der Waals surface area (Å²) < 4.78 is 15.7. The molecule has 22 heavy (non-hydrogen) atoms. The van der Waals surface area contributed by atoms with Gasteiger partial charge in [0.05, 0.1) is 26.2 Å². The van der Waals surface area contributed by atoms with Crippen LogP contribution in [0, 0.1) is 5.92 Å². The van der Waals surface area contributed by atoms with E-state index in [0.29, 0.717) is 25.7 Å². The third-order valence-electron chi connectivity index (χ3n) is 3.43. The van der Waals surface area contributed by atoms with Gasteiger partial charge in [-0.2, -0.15) is 0 Å². The van der Waals surface area contributed by atoms with E-state index in [9.17, 15) is 9.59 Å². The van der Waals surface area contributed by atoms with E-state index in [4.69, 9.17) is 14.2 Å². The molecule has 0 saturated heterocycles. The van der Waals surface area contributed by atoms with Crippen LogP contribution in [0.25, 0.3) is 0 Å². The van der Waals surface area contributed by atoms with Crippen LogP contribution in [0.4, 0.5) is 0 Å². The normalized spacial score (nSPS) is 13.7. The number of esters is 2. The van der Waals surface area contributed by atoms with Crippen LogP contribution in [-0.4, -0.2) is 25.2 Å². The molecule has 2 rings (SSSR count). The molecule has 0 amide bonds. The highest BCUT2D eigenvalue weighted by molar-refractivity contribution is 5.69. The molecular formula is C17H22O5. The van der Waals surface area contributed by atoms with Gasteiger partial charge >= 0.3 is 11.9 Å². The quantitative estimate of drug-likeness (QED) is 0.518. The standard InChI is InChI=1S/C17H22O5/c1-13(18)21-12-16-5-3-2-4-15(16)11-20-9-8-17(19)22-10-14-6-7-14/h2-5,14H,6-12H2,1H3. The molecule has 0 radical (unpaired) electrons. The lowest BCUT2D eigenvalue weighted by molar-refractivity contribution is -0.145. The molecule has 0 bridgehead atoms. The minimum Gasteiger partial charge on any atom is -0.465 e. The van der Waals surface area contributed by atoms with Gasteiger partial charge in [0.15, 0.2) is 0 Å². The van der Waals surface area contributed by atoms with Crippen molar-refractivity contribution in [2.75, 3.05) is 13.2 Å². The van der Waals surface area contributed by atoms with Crippen molar-refractivity contribution in [3.05, 3.63) is 35.4 Å². The van der Waals surface area contributed by atoms with Crippen LogP contribution >= 0.6 is 0 Å². The highest BCUT2D eigenvalue weighted by atomic mass is 16.5. The molecule has 0 aromatic heterocycles. The summed E-state index contributed by atoms with van der Waals surface area (Å²) in [5.74, 6) is 0.0623. The van der Waals surface area contributed by atoms with Gasteiger partial charge in [-0.05, 0) is 29.9 Å². The van der Waals surface area contributed by atoms with E-state index in [2.05, 4.69) is 0 Å². The van der Waals surface area contributed by atoms with Gasteiger partial charge in [-0.1, -0.05) is 24.3 Å². The van der Waals surface area contributed by atoms with E-state index >= 15 is 0 Å². The van der Waals surface area contributed by atoms with Crippen LogP contribution in [0.15, 0.2) is 24.3 Å². The second kappa shape index (κ2) is 8.54. The first-order chi connectivity index (χ1) is 10.6. The molecule has 5 nitrogen and oxygen atoms in total. The zero-order valence-electron chi connectivity index (χ0n) is 12.9. The van der Waals surface area contributed by atoms with Gasteiger partial charge in [-0.3, -0.25) is 9.59 Å². The first kappa shape index (κ1) is 16.5. The number of hydrogen-bond donors (Lipinski definition) is 0. The molecule has 0 N–H and O–H groups in total. The van der Waals surface area contributed by atoms with Gasteiger partial charge in [-0.25, -0.2) is 0 Å². The Morgan fingerprint density at radius 3 is 2.41 bits per heavy atom. The summed E-state index contributed by atoms with van der Waals surface area (Å²) in [4.78, 5) is 22.3. The van der Waals surface area contributed by atoms with Crippen LogP contribution in [-0.2, 0) is 37.0 Å². The molecule has 0 aliphatic heterocycles. The fourth-order valence-electron chi connectivity index (χ4n) is 1.92. The summed E-state index contributed by atoms with van der Waals surface area (Å²) in [5.41, 5.74) is 1.86. The minimum atomic E-state index is -0.311. The zero-order chi connectivity index (χ0) is 15.8.